The van der Waals surface area contributed by atoms with Gasteiger partial charge in [0, 0.05) is 35.7 Å². The average molecular weight is 493 g/mol. The number of ketones is 1. The molecule has 0 saturated heterocycles. The van der Waals surface area contributed by atoms with Crippen LogP contribution in [0.5, 0.6) is 0 Å². The van der Waals surface area contributed by atoms with Crippen LogP contribution < -0.4 is 10.9 Å². The fourth-order valence-corrected chi connectivity index (χ4v) is 5.48. The van der Waals surface area contributed by atoms with Crippen LogP contribution in [0.25, 0.3) is 5.69 Å². The summed E-state index contributed by atoms with van der Waals surface area (Å²) in [7, 11) is 0. The van der Waals surface area contributed by atoms with Gasteiger partial charge in [-0.2, -0.15) is 0 Å². The Morgan fingerprint density at radius 3 is 2.41 bits per heavy atom. The SMILES string of the molecule is Cc1ccc([C@H]2CC(=O)C3=C(C2)Nc2[nH]n(-c4ccccc4)c(=O)c2[C@H]3c2cccc([N+](=O)[O-])c2)cc1. The Kier molecular flexibility index (Phi) is 5.37. The molecule has 2 aliphatic rings. The number of non-ortho nitro benzene ring substituents is 1. The number of nitrogens with zero attached hydrogens (tertiary/aromatic N) is 2. The third-order valence-electron chi connectivity index (χ3n) is 7.27. The smallest absolute Gasteiger partial charge is 0.277 e. The van der Waals surface area contributed by atoms with Crippen LogP contribution in [0.15, 0.2) is 94.9 Å². The highest BCUT2D eigenvalue weighted by Gasteiger charge is 2.41. The minimum absolute atomic E-state index is 0.00501. The Morgan fingerprint density at radius 2 is 1.68 bits per heavy atom. The van der Waals surface area contributed by atoms with Crippen molar-refractivity contribution < 1.29 is 9.72 Å². The van der Waals surface area contributed by atoms with Gasteiger partial charge in [-0.05, 0) is 42.5 Å². The lowest BCUT2D eigenvalue weighted by atomic mass is 9.72. The number of aromatic nitrogens is 2. The van der Waals surface area contributed by atoms with E-state index in [-0.39, 0.29) is 22.9 Å². The van der Waals surface area contributed by atoms with E-state index in [1.807, 2.05) is 49.4 Å². The van der Waals surface area contributed by atoms with E-state index in [2.05, 4.69) is 22.5 Å². The van der Waals surface area contributed by atoms with Gasteiger partial charge in [-0.15, -0.1) is 0 Å². The molecule has 0 fully saturated rings. The Bertz CT molecular complexity index is 1630. The quantitative estimate of drug-likeness (QED) is 0.295. The average Bonchev–Trinajstić information content (AvgIpc) is 3.24. The molecule has 8 heteroatoms. The Hall–Kier alpha value is -4.72. The molecular formula is C29H24N4O4. The second-order valence-corrected chi connectivity index (χ2v) is 9.62. The van der Waals surface area contributed by atoms with Crippen molar-refractivity contribution in [2.75, 3.05) is 5.32 Å². The number of nitro groups is 1. The number of nitrogens with one attached hydrogen (secondary N) is 2. The van der Waals surface area contributed by atoms with Crippen LogP contribution in [0.4, 0.5) is 11.5 Å². The van der Waals surface area contributed by atoms with E-state index in [9.17, 15) is 19.7 Å². The number of allylic oxidation sites excluding steroid dienone is 2. The van der Waals surface area contributed by atoms with Gasteiger partial charge in [-0.1, -0.05) is 60.2 Å². The van der Waals surface area contributed by atoms with E-state index >= 15 is 0 Å². The van der Waals surface area contributed by atoms with Crippen molar-refractivity contribution in [2.45, 2.75) is 31.6 Å². The number of para-hydroxylation sites is 1. The maximum atomic E-state index is 13.7. The molecule has 2 atom stereocenters. The van der Waals surface area contributed by atoms with Gasteiger partial charge in [-0.25, -0.2) is 4.68 Å². The maximum Gasteiger partial charge on any atom is 0.277 e. The molecule has 0 bridgehead atoms. The van der Waals surface area contributed by atoms with Crippen LogP contribution in [0.1, 0.15) is 46.9 Å². The zero-order valence-electron chi connectivity index (χ0n) is 20.1. The van der Waals surface area contributed by atoms with Crippen molar-refractivity contribution in [3.8, 4) is 5.69 Å². The van der Waals surface area contributed by atoms with E-state index in [1.54, 1.807) is 12.1 Å². The normalized spacial score (nSPS) is 18.7. The number of nitro benzene ring substituents is 1. The van der Waals surface area contributed by atoms with Gasteiger partial charge in [0.1, 0.15) is 5.82 Å². The van der Waals surface area contributed by atoms with Crippen LogP contribution in [0.2, 0.25) is 0 Å². The van der Waals surface area contributed by atoms with Crippen molar-refractivity contribution >= 4 is 17.3 Å². The van der Waals surface area contributed by atoms with Crippen molar-refractivity contribution in [3.63, 3.8) is 0 Å². The number of aromatic amines is 1. The van der Waals surface area contributed by atoms with Crippen molar-refractivity contribution in [2.24, 2.45) is 0 Å². The van der Waals surface area contributed by atoms with Crippen LogP contribution in [-0.4, -0.2) is 20.5 Å². The molecule has 2 heterocycles. The van der Waals surface area contributed by atoms with E-state index in [0.717, 1.165) is 16.8 Å². The summed E-state index contributed by atoms with van der Waals surface area (Å²) in [6, 6.07) is 23.6. The summed E-state index contributed by atoms with van der Waals surface area (Å²) in [6.07, 6.45) is 0.898. The number of benzene rings is 3. The van der Waals surface area contributed by atoms with Crippen LogP contribution in [0, 0.1) is 17.0 Å². The van der Waals surface area contributed by atoms with Crippen LogP contribution in [0.3, 0.4) is 0 Å². The number of rotatable bonds is 4. The number of carbonyl (C=O) groups is 1. The molecule has 1 aliphatic heterocycles. The first-order valence-corrected chi connectivity index (χ1v) is 12.1. The second-order valence-electron chi connectivity index (χ2n) is 9.62. The molecule has 1 aromatic heterocycles. The lowest BCUT2D eigenvalue weighted by Gasteiger charge is -2.34. The zero-order chi connectivity index (χ0) is 25.7. The standard InChI is InChI=1S/C29H24N4O4/c1-17-10-12-18(13-11-17)20-15-23-26(24(34)16-20)25(19-6-5-9-22(14-19)33(36)37)27-28(30-23)31-32(29(27)35)21-7-3-2-4-8-21/h2-14,20,25,30-31H,15-16H2,1H3/t20-,25+/m1/s1. The number of Topliss-reactive ketones (excluding diaryl/α,β-unsaturated/α-hetero) is 1. The molecule has 4 aromatic rings. The van der Waals surface area contributed by atoms with Gasteiger partial charge < -0.3 is 5.32 Å². The van der Waals surface area contributed by atoms with Gasteiger partial charge in [0.15, 0.2) is 5.78 Å². The lowest BCUT2D eigenvalue weighted by molar-refractivity contribution is -0.384. The molecule has 0 spiro atoms. The maximum absolute atomic E-state index is 13.7. The number of anilines is 1. The summed E-state index contributed by atoms with van der Waals surface area (Å²) < 4.78 is 1.45. The number of aryl methyl sites for hydroxylation is 1. The highest BCUT2D eigenvalue weighted by atomic mass is 16.6. The molecule has 0 saturated carbocycles. The van der Waals surface area contributed by atoms with Gasteiger partial charge in [-0.3, -0.25) is 24.8 Å². The van der Waals surface area contributed by atoms with E-state index in [1.165, 1.54) is 16.8 Å². The van der Waals surface area contributed by atoms with Gasteiger partial charge in [0.2, 0.25) is 0 Å². The molecule has 37 heavy (non-hydrogen) atoms. The monoisotopic (exact) mass is 492 g/mol. The first kappa shape index (κ1) is 22.7. The van der Waals surface area contributed by atoms with Crippen molar-refractivity contribution in [1.82, 2.24) is 9.78 Å². The van der Waals surface area contributed by atoms with Gasteiger partial charge in [0.05, 0.1) is 16.2 Å². The summed E-state index contributed by atoms with van der Waals surface area (Å²) in [4.78, 5) is 38.6. The highest BCUT2D eigenvalue weighted by molar-refractivity contribution is 6.01. The van der Waals surface area contributed by atoms with Crippen molar-refractivity contribution in [1.29, 1.82) is 0 Å². The molecular weight excluding hydrogens is 468 g/mol. The molecule has 0 amide bonds. The van der Waals surface area contributed by atoms with E-state index in [0.29, 0.717) is 41.0 Å². The molecule has 8 nitrogen and oxygen atoms in total. The summed E-state index contributed by atoms with van der Waals surface area (Å²) in [6.45, 7) is 2.03. The third-order valence-corrected chi connectivity index (χ3v) is 7.27. The summed E-state index contributed by atoms with van der Waals surface area (Å²) in [5, 5.41) is 18.1. The lowest BCUT2D eigenvalue weighted by Crippen LogP contribution is -2.32. The number of hydrogen-bond acceptors (Lipinski definition) is 5. The fourth-order valence-electron chi connectivity index (χ4n) is 5.48. The number of fused-ring (bicyclic) bond motifs is 1. The topological polar surface area (TPSA) is 110 Å². The number of carbonyl (C=O) groups excluding carboxylic acids is 1. The largest absolute Gasteiger partial charge is 0.343 e. The Morgan fingerprint density at radius 1 is 0.919 bits per heavy atom. The second kappa shape index (κ2) is 8.74. The predicted octanol–water partition coefficient (Wildman–Crippen LogP) is 5.34. The van der Waals surface area contributed by atoms with Crippen molar-refractivity contribution in [3.05, 3.63) is 133 Å². The summed E-state index contributed by atoms with van der Waals surface area (Å²) in [5.74, 6) is -0.282. The Balaban J connectivity index is 1.52. The zero-order valence-corrected chi connectivity index (χ0v) is 20.1. The molecule has 184 valence electrons. The molecule has 1 aliphatic carbocycles. The molecule has 6 rings (SSSR count). The van der Waals surface area contributed by atoms with Crippen LogP contribution in [-0.2, 0) is 4.79 Å². The summed E-state index contributed by atoms with van der Waals surface area (Å²) in [5.41, 5.74) is 4.68. The molecule has 0 unspecified atom stereocenters. The minimum atomic E-state index is -0.716. The minimum Gasteiger partial charge on any atom is -0.343 e. The van der Waals surface area contributed by atoms with Crippen LogP contribution >= 0.6 is 0 Å². The fraction of sp³-hybridized carbons (Fsp3) is 0.172. The third kappa shape index (κ3) is 3.87. The van der Waals surface area contributed by atoms with Gasteiger partial charge >= 0.3 is 0 Å². The predicted molar refractivity (Wildman–Crippen MR) is 140 cm³/mol. The molecule has 3 aromatic carbocycles. The van der Waals surface area contributed by atoms with Gasteiger partial charge in [0.25, 0.3) is 11.2 Å². The number of hydrogen-bond donors (Lipinski definition) is 2. The van der Waals surface area contributed by atoms with E-state index < -0.39 is 10.8 Å². The highest BCUT2D eigenvalue weighted by Crippen LogP contribution is 2.47. The van der Waals surface area contributed by atoms with E-state index in [4.69, 9.17) is 0 Å². The molecule has 2 N–H and O–H groups in total. The molecule has 0 radical (unpaired) electrons. The number of H-pyrrole nitrogens is 1. The summed E-state index contributed by atoms with van der Waals surface area (Å²) >= 11 is 0. The Labute approximate surface area is 212 Å². The first-order valence-electron chi connectivity index (χ1n) is 12.1. The first-order chi connectivity index (χ1) is 17.9.